The molecule has 0 saturated carbocycles. The first-order chi connectivity index (χ1) is 10.1. The van der Waals surface area contributed by atoms with E-state index in [1.54, 1.807) is 14.2 Å². The number of aliphatic hydroxyl groups is 1. The van der Waals surface area contributed by atoms with E-state index in [-0.39, 0.29) is 0 Å². The Bertz CT molecular complexity index is 411. The highest BCUT2D eigenvalue weighted by Gasteiger charge is 2.14. The van der Waals surface area contributed by atoms with Crippen molar-refractivity contribution in [3.63, 3.8) is 0 Å². The van der Waals surface area contributed by atoms with Crippen LogP contribution in [0.1, 0.15) is 24.5 Å². The minimum atomic E-state index is -0.608. The zero-order valence-corrected chi connectivity index (χ0v) is 13.6. The van der Waals surface area contributed by atoms with Gasteiger partial charge in [-0.15, -0.1) is 0 Å². The van der Waals surface area contributed by atoms with Gasteiger partial charge in [0.1, 0.15) is 11.5 Å². The fourth-order valence-corrected chi connectivity index (χ4v) is 2.13. The Morgan fingerprint density at radius 1 is 1.19 bits per heavy atom. The summed E-state index contributed by atoms with van der Waals surface area (Å²) >= 11 is 0. The Hall–Kier alpha value is -1.30. The maximum Gasteiger partial charge on any atom is 0.124 e. The van der Waals surface area contributed by atoms with Gasteiger partial charge in [-0.05, 0) is 58.2 Å². The van der Waals surface area contributed by atoms with E-state index in [9.17, 15) is 5.11 Å². The highest BCUT2D eigenvalue weighted by Crippen LogP contribution is 2.28. The van der Waals surface area contributed by atoms with E-state index in [0.717, 1.165) is 37.2 Å². The van der Waals surface area contributed by atoms with Crippen molar-refractivity contribution < 1.29 is 14.6 Å². The minimum Gasteiger partial charge on any atom is -0.497 e. The quantitative estimate of drug-likeness (QED) is 0.643. The summed E-state index contributed by atoms with van der Waals surface area (Å²) in [6, 6.07) is 5.45. The van der Waals surface area contributed by atoms with E-state index < -0.39 is 6.10 Å². The van der Waals surface area contributed by atoms with Gasteiger partial charge in [-0.3, -0.25) is 0 Å². The molecule has 2 N–H and O–H groups in total. The van der Waals surface area contributed by atoms with Gasteiger partial charge in [-0.1, -0.05) is 0 Å². The molecule has 1 aromatic rings. The Balaban J connectivity index is 2.42. The van der Waals surface area contributed by atoms with Crippen LogP contribution in [0.2, 0.25) is 0 Å². The molecule has 0 amide bonds. The summed E-state index contributed by atoms with van der Waals surface area (Å²) in [7, 11) is 7.37. The van der Waals surface area contributed by atoms with Crippen molar-refractivity contribution in [2.75, 3.05) is 47.9 Å². The Kier molecular flexibility index (Phi) is 8.12. The molecule has 0 saturated heterocycles. The second-order valence-corrected chi connectivity index (χ2v) is 5.34. The SMILES string of the molecule is COc1ccc(OC)c(C(O)CNCCCCN(C)C)c1. The van der Waals surface area contributed by atoms with Gasteiger partial charge in [0.15, 0.2) is 0 Å². The first kappa shape index (κ1) is 17.8. The van der Waals surface area contributed by atoms with Crippen LogP contribution in [-0.4, -0.2) is 58.0 Å². The van der Waals surface area contributed by atoms with E-state index in [4.69, 9.17) is 9.47 Å². The normalized spacial score (nSPS) is 12.5. The number of methoxy groups -OCH3 is 2. The molecular formula is C16H28N2O3. The summed E-state index contributed by atoms with van der Waals surface area (Å²) < 4.78 is 10.5. The van der Waals surface area contributed by atoms with Crippen LogP contribution in [0.3, 0.4) is 0 Å². The van der Waals surface area contributed by atoms with Crippen LogP contribution in [0.25, 0.3) is 0 Å². The predicted molar refractivity (Wildman–Crippen MR) is 85.2 cm³/mol. The number of nitrogens with one attached hydrogen (secondary N) is 1. The molecule has 0 aliphatic heterocycles. The van der Waals surface area contributed by atoms with Crippen molar-refractivity contribution in [3.05, 3.63) is 23.8 Å². The minimum absolute atomic E-state index is 0.505. The second kappa shape index (κ2) is 9.60. The summed E-state index contributed by atoms with van der Waals surface area (Å²) in [5, 5.41) is 13.6. The molecule has 0 aliphatic rings. The first-order valence-corrected chi connectivity index (χ1v) is 7.34. The van der Waals surface area contributed by atoms with Crippen LogP contribution in [-0.2, 0) is 0 Å². The van der Waals surface area contributed by atoms with Crippen molar-refractivity contribution in [3.8, 4) is 11.5 Å². The average Bonchev–Trinajstić information content (AvgIpc) is 2.49. The van der Waals surface area contributed by atoms with E-state index in [2.05, 4.69) is 24.3 Å². The summed E-state index contributed by atoms with van der Waals surface area (Å²) in [4.78, 5) is 2.18. The molecule has 1 aromatic carbocycles. The molecule has 0 radical (unpaired) electrons. The maximum absolute atomic E-state index is 10.3. The lowest BCUT2D eigenvalue weighted by molar-refractivity contribution is 0.170. The lowest BCUT2D eigenvalue weighted by atomic mass is 10.1. The summed E-state index contributed by atoms with van der Waals surface area (Å²) in [5.41, 5.74) is 0.748. The molecule has 5 nitrogen and oxygen atoms in total. The molecule has 0 aromatic heterocycles. The molecule has 120 valence electrons. The molecular weight excluding hydrogens is 268 g/mol. The van der Waals surface area contributed by atoms with Gasteiger partial charge in [0.05, 0.1) is 20.3 Å². The molecule has 0 bridgehead atoms. The van der Waals surface area contributed by atoms with Gasteiger partial charge in [0.2, 0.25) is 0 Å². The van der Waals surface area contributed by atoms with E-state index in [0.29, 0.717) is 12.3 Å². The van der Waals surface area contributed by atoms with Gasteiger partial charge in [0, 0.05) is 12.1 Å². The number of ether oxygens (including phenoxy) is 2. The number of hydrogen-bond acceptors (Lipinski definition) is 5. The number of benzene rings is 1. The van der Waals surface area contributed by atoms with Gasteiger partial charge in [-0.25, -0.2) is 0 Å². The van der Waals surface area contributed by atoms with Crippen molar-refractivity contribution >= 4 is 0 Å². The molecule has 0 aliphatic carbocycles. The molecule has 0 heterocycles. The largest absolute Gasteiger partial charge is 0.497 e. The third kappa shape index (κ3) is 6.33. The molecule has 0 fully saturated rings. The lowest BCUT2D eigenvalue weighted by Crippen LogP contribution is -2.23. The van der Waals surface area contributed by atoms with Crippen molar-refractivity contribution in [2.24, 2.45) is 0 Å². The molecule has 1 atom stereocenters. The van der Waals surface area contributed by atoms with Crippen LogP contribution in [0.5, 0.6) is 11.5 Å². The van der Waals surface area contributed by atoms with Crippen LogP contribution in [0.4, 0.5) is 0 Å². The van der Waals surface area contributed by atoms with E-state index in [1.165, 1.54) is 0 Å². The van der Waals surface area contributed by atoms with Crippen molar-refractivity contribution in [1.82, 2.24) is 10.2 Å². The van der Waals surface area contributed by atoms with Crippen LogP contribution in [0, 0.1) is 0 Å². The van der Waals surface area contributed by atoms with Crippen molar-refractivity contribution in [2.45, 2.75) is 18.9 Å². The second-order valence-electron chi connectivity index (χ2n) is 5.34. The van der Waals surface area contributed by atoms with Gasteiger partial charge in [-0.2, -0.15) is 0 Å². The Morgan fingerprint density at radius 2 is 1.95 bits per heavy atom. The Labute approximate surface area is 127 Å². The highest BCUT2D eigenvalue weighted by atomic mass is 16.5. The highest BCUT2D eigenvalue weighted by molar-refractivity contribution is 5.41. The molecule has 21 heavy (non-hydrogen) atoms. The van der Waals surface area contributed by atoms with Crippen LogP contribution >= 0.6 is 0 Å². The van der Waals surface area contributed by atoms with E-state index in [1.807, 2.05) is 18.2 Å². The fraction of sp³-hybridized carbons (Fsp3) is 0.625. The molecule has 1 unspecified atom stereocenters. The zero-order chi connectivity index (χ0) is 15.7. The van der Waals surface area contributed by atoms with E-state index >= 15 is 0 Å². The summed E-state index contributed by atoms with van der Waals surface area (Å²) in [5.74, 6) is 1.40. The van der Waals surface area contributed by atoms with Gasteiger partial charge < -0.3 is 24.8 Å². The monoisotopic (exact) mass is 296 g/mol. The average molecular weight is 296 g/mol. The number of rotatable bonds is 10. The summed E-state index contributed by atoms with van der Waals surface area (Å²) in [6.07, 6.45) is 1.64. The smallest absolute Gasteiger partial charge is 0.124 e. The summed E-state index contributed by atoms with van der Waals surface area (Å²) in [6.45, 7) is 2.50. The van der Waals surface area contributed by atoms with Crippen LogP contribution in [0.15, 0.2) is 18.2 Å². The van der Waals surface area contributed by atoms with Gasteiger partial charge >= 0.3 is 0 Å². The third-order valence-corrected chi connectivity index (χ3v) is 3.34. The number of hydrogen-bond donors (Lipinski definition) is 2. The third-order valence-electron chi connectivity index (χ3n) is 3.34. The fourth-order valence-electron chi connectivity index (χ4n) is 2.13. The van der Waals surface area contributed by atoms with Gasteiger partial charge in [0.25, 0.3) is 0 Å². The predicted octanol–water partition coefficient (Wildman–Crippen LogP) is 1.67. The number of aliphatic hydroxyl groups excluding tert-OH is 1. The zero-order valence-electron chi connectivity index (χ0n) is 13.6. The van der Waals surface area contributed by atoms with Crippen LogP contribution < -0.4 is 14.8 Å². The number of nitrogens with zero attached hydrogens (tertiary/aromatic N) is 1. The number of unbranched alkanes of at least 4 members (excludes halogenated alkanes) is 1. The Morgan fingerprint density at radius 3 is 2.57 bits per heavy atom. The molecule has 5 heteroatoms. The maximum atomic E-state index is 10.3. The topological polar surface area (TPSA) is 54.0 Å². The lowest BCUT2D eigenvalue weighted by Gasteiger charge is -2.16. The first-order valence-electron chi connectivity index (χ1n) is 7.34. The molecule has 0 spiro atoms. The molecule has 1 rings (SSSR count). The van der Waals surface area contributed by atoms with Crippen molar-refractivity contribution in [1.29, 1.82) is 0 Å². The standard InChI is InChI=1S/C16H28N2O3/c1-18(2)10-6-5-9-17-12-15(19)14-11-13(20-3)7-8-16(14)21-4/h7-8,11,15,17,19H,5-6,9-10,12H2,1-4H3.